The molecule has 3 nitrogen and oxygen atoms in total. The number of aliphatic carboxylic acids is 1. The summed E-state index contributed by atoms with van der Waals surface area (Å²) in [4.78, 5) is 13.3. The van der Waals surface area contributed by atoms with Gasteiger partial charge in [0, 0.05) is 24.2 Å². The van der Waals surface area contributed by atoms with Crippen molar-refractivity contribution in [1.29, 1.82) is 0 Å². The number of benzene rings is 1. The Hall–Kier alpha value is -1.06. The number of hydrogen-bond donors (Lipinski definition) is 1. The number of carboxylic acid groups (broad SMARTS) is 1. The van der Waals surface area contributed by atoms with Crippen LogP contribution in [0.3, 0.4) is 0 Å². The summed E-state index contributed by atoms with van der Waals surface area (Å²) in [5, 5.41) is 9.90. The molecule has 1 aromatic carbocycles. The second-order valence-electron chi connectivity index (χ2n) is 5.07. The Kier molecular flexibility index (Phi) is 3.93. The van der Waals surface area contributed by atoms with Crippen molar-refractivity contribution >= 4 is 17.6 Å². The molecule has 0 radical (unpaired) electrons. The van der Waals surface area contributed by atoms with E-state index in [4.69, 9.17) is 16.7 Å². The van der Waals surface area contributed by atoms with Crippen LogP contribution in [-0.4, -0.2) is 29.1 Å². The standard InChI is InChI=1S/C14H18ClNO2/c1-9-7-16(8-12(9)14(17)18)10(2)11-5-3-4-6-13(11)15/h3-6,9-10,12H,7-8H2,1-2H3,(H,17,18). The minimum Gasteiger partial charge on any atom is -0.481 e. The number of rotatable bonds is 3. The van der Waals surface area contributed by atoms with Gasteiger partial charge in [-0.05, 0) is 24.5 Å². The lowest BCUT2D eigenvalue weighted by Gasteiger charge is -2.25. The van der Waals surface area contributed by atoms with E-state index >= 15 is 0 Å². The summed E-state index contributed by atoms with van der Waals surface area (Å²) >= 11 is 6.19. The summed E-state index contributed by atoms with van der Waals surface area (Å²) in [6.07, 6.45) is 0. The predicted octanol–water partition coefficient (Wildman–Crippen LogP) is 3.05. The first-order chi connectivity index (χ1) is 8.50. The molecule has 1 heterocycles. The van der Waals surface area contributed by atoms with Crippen molar-refractivity contribution in [3.8, 4) is 0 Å². The maximum absolute atomic E-state index is 11.1. The molecule has 2 rings (SSSR count). The zero-order valence-corrected chi connectivity index (χ0v) is 11.4. The van der Waals surface area contributed by atoms with Gasteiger partial charge in [-0.25, -0.2) is 0 Å². The van der Waals surface area contributed by atoms with E-state index in [0.29, 0.717) is 6.54 Å². The van der Waals surface area contributed by atoms with Crippen LogP contribution in [-0.2, 0) is 4.79 Å². The third kappa shape index (κ3) is 2.52. The van der Waals surface area contributed by atoms with E-state index in [1.807, 2.05) is 31.2 Å². The molecule has 1 N–H and O–H groups in total. The molecule has 98 valence electrons. The molecule has 0 amide bonds. The Bertz CT molecular complexity index is 449. The zero-order valence-electron chi connectivity index (χ0n) is 10.6. The van der Waals surface area contributed by atoms with Crippen molar-refractivity contribution in [1.82, 2.24) is 4.90 Å². The van der Waals surface area contributed by atoms with Crippen LogP contribution in [0.4, 0.5) is 0 Å². The summed E-state index contributed by atoms with van der Waals surface area (Å²) in [5.74, 6) is -0.779. The van der Waals surface area contributed by atoms with E-state index in [2.05, 4.69) is 11.8 Å². The van der Waals surface area contributed by atoms with E-state index in [-0.39, 0.29) is 17.9 Å². The van der Waals surface area contributed by atoms with Crippen molar-refractivity contribution in [3.63, 3.8) is 0 Å². The smallest absolute Gasteiger partial charge is 0.308 e. The minimum atomic E-state index is -0.698. The summed E-state index contributed by atoms with van der Waals surface area (Å²) in [7, 11) is 0. The monoisotopic (exact) mass is 267 g/mol. The van der Waals surface area contributed by atoms with Crippen LogP contribution < -0.4 is 0 Å². The molecule has 1 aliphatic rings. The second kappa shape index (κ2) is 5.29. The van der Waals surface area contributed by atoms with Gasteiger partial charge in [0.25, 0.3) is 0 Å². The van der Waals surface area contributed by atoms with E-state index in [1.165, 1.54) is 0 Å². The van der Waals surface area contributed by atoms with Gasteiger partial charge in [0.2, 0.25) is 0 Å². The summed E-state index contributed by atoms with van der Waals surface area (Å²) < 4.78 is 0. The molecular weight excluding hydrogens is 250 g/mol. The lowest BCUT2D eigenvalue weighted by molar-refractivity contribution is -0.142. The first-order valence-corrected chi connectivity index (χ1v) is 6.59. The fraction of sp³-hybridized carbons (Fsp3) is 0.500. The van der Waals surface area contributed by atoms with E-state index < -0.39 is 5.97 Å². The Morgan fingerprint density at radius 1 is 1.44 bits per heavy atom. The quantitative estimate of drug-likeness (QED) is 0.915. The number of hydrogen-bond acceptors (Lipinski definition) is 2. The van der Waals surface area contributed by atoms with Crippen LogP contribution >= 0.6 is 11.6 Å². The topological polar surface area (TPSA) is 40.5 Å². The van der Waals surface area contributed by atoms with Gasteiger partial charge in [-0.2, -0.15) is 0 Å². The molecule has 1 aromatic rings. The highest BCUT2D eigenvalue weighted by atomic mass is 35.5. The maximum Gasteiger partial charge on any atom is 0.308 e. The van der Waals surface area contributed by atoms with E-state index in [1.54, 1.807) is 0 Å². The summed E-state index contributed by atoms with van der Waals surface area (Å²) in [5.41, 5.74) is 1.07. The molecular formula is C14H18ClNO2. The largest absolute Gasteiger partial charge is 0.481 e. The number of carboxylic acids is 1. The van der Waals surface area contributed by atoms with Gasteiger partial charge in [-0.15, -0.1) is 0 Å². The molecule has 3 atom stereocenters. The number of carbonyl (C=O) groups is 1. The van der Waals surface area contributed by atoms with Crippen molar-refractivity contribution in [2.24, 2.45) is 11.8 Å². The van der Waals surface area contributed by atoms with Crippen LogP contribution in [0.5, 0.6) is 0 Å². The zero-order chi connectivity index (χ0) is 13.3. The van der Waals surface area contributed by atoms with Gasteiger partial charge in [0.1, 0.15) is 0 Å². The lowest BCUT2D eigenvalue weighted by Crippen LogP contribution is -2.26. The van der Waals surface area contributed by atoms with Crippen LogP contribution in [0, 0.1) is 11.8 Å². The molecule has 0 bridgehead atoms. The van der Waals surface area contributed by atoms with Crippen LogP contribution in [0.1, 0.15) is 25.5 Å². The molecule has 0 aliphatic carbocycles. The first-order valence-electron chi connectivity index (χ1n) is 6.22. The molecule has 0 aromatic heterocycles. The molecule has 3 unspecified atom stereocenters. The maximum atomic E-state index is 11.1. The Balaban J connectivity index is 2.14. The van der Waals surface area contributed by atoms with Gasteiger partial charge in [0.05, 0.1) is 5.92 Å². The highest BCUT2D eigenvalue weighted by Crippen LogP contribution is 2.33. The van der Waals surface area contributed by atoms with E-state index in [0.717, 1.165) is 17.1 Å². The first kappa shape index (κ1) is 13.4. The Labute approximate surface area is 112 Å². The average Bonchev–Trinajstić information content (AvgIpc) is 2.71. The van der Waals surface area contributed by atoms with Crippen LogP contribution in [0.25, 0.3) is 0 Å². The SMILES string of the molecule is CC1CN(C(C)c2ccccc2Cl)CC1C(=O)O. The van der Waals surface area contributed by atoms with Crippen molar-refractivity contribution in [2.45, 2.75) is 19.9 Å². The Morgan fingerprint density at radius 3 is 2.67 bits per heavy atom. The summed E-state index contributed by atoms with van der Waals surface area (Å²) in [6.45, 7) is 5.49. The third-order valence-corrected chi connectivity index (χ3v) is 4.21. The normalized spacial score (nSPS) is 26.2. The van der Waals surface area contributed by atoms with Crippen molar-refractivity contribution in [2.75, 3.05) is 13.1 Å². The number of likely N-dealkylation sites (tertiary alicyclic amines) is 1. The van der Waals surface area contributed by atoms with Gasteiger partial charge < -0.3 is 5.11 Å². The molecule has 18 heavy (non-hydrogen) atoms. The summed E-state index contributed by atoms with van der Waals surface area (Å²) in [6, 6.07) is 7.91. The molecule has 1 fully saturated rings. The Morgan fingerprint density at radius 2 is 2.11 bits per heavy atom. The van der Waals surface area contributed by atoms with Crippen LogP contribution in [0.2, 0.25) is 5.02 Å². The van der Waals surface area contributed by atoms with Gasteiger partial charge >= 0.3 is 5.97 Å². The molecule has 0 saturated carbocycles. The molecule has 4 heteroatoms. The predicted molar refractivity (Wildman–Crippen MR) is 71.7 cm³/mol. The highest BCUT2D eigenvalue weighted by molar-refractivity contribution is 6.31. The molecule has 1 aliphatic heterocycles. The minimum absolute atomic E-state index is 0.158. The second-order valence-corrected chi connectivity index (χ2v) is 5.48. The van der Waals surface area contributed by atoms with Gasteiger partial charge in [-0.3, -0.25) is 9.69 Å². The molecule has 0 spiro atoms. The van der Waals surface area contributed by atoms with E-state index in [9.17, 15) is 4.79 Å². The highest BCUT2D eigenvalue weighted by Gasteiger charge is 2.37. The fourth-order valence-electron chi connectivity index (χ4n) is 2.65. The number of halogens is 1. The average molecular weight is 268 g/mol. The fourth-order valence-corrected chi connectivity index (χ4v) is 2.95. The number of nitrogens with zero attached hydrogens (tertiary/aromatic N) is 1. The molecule has 1 saturated heterocycles. The van der Waals surface area contributed by atoms with Crippen molar-refractivity contribution < 1.29 is 9.90 Å². The van der Waals surface area contributed by atoms with Gasteiger partial charge in [0.15, 0.2) is 0 Å². The lowest BCUT2D eigenvalue weighted by atomic mass is 9.99. The van der Waals surface area contributed by atoms with Crippen LogP contribution in [0.15, 0.2) is 24.3 Å². The van der Waals surface area contributed by atoms with Crippen molar-refractivity contribution in [3.05, 3.63) is 34.9 Å². The van der Waals surface area contributed by atoms with Gasteiger partial charge in [-0.1, -0.05) is 36.7 Å². The third-order valence-electron chi connectivity index (χ3n) is 3.86.